The summed E-state index contributed by atoms with van der Waals surface area (Å²) < 4.78 is 5.29. The molecule has 0 aromatic carbocycles. The average Bonchev–Trinajstić information content (AvgIpc) is 2.26. The highest BCUT2D eigenvalue weighted by Gasteiger charge is 2.35. The number of piperidine rings is 1. The number of ether oxygens (including phenoxy) is 1. The van der Waals surface area contributed by atoms with Gasteiger partial charge in [0.25, 0.3) is 0 Å². The SMILES string of the molecule is CC(C)(C)OC(=O)N1CCC(O)(CNCC(N)=O)CC1. The molecular formula is C13H25N3O4. The molecule has 20 heavy (non-hydrogen) atoms. The summed E-state index contributed by atoms with van der Waals surface area (Å²) in [6, 6.07) is 0. The fourth-order valence-corrected chi connectivity index (χ4v) is 2.03. The van der Waals surface area contributed by atoms with E-state index in [1.807, 2.05) is 20.8 Å². The van der Waals surface area contributed by atoms with E-state index >= 15 is 0 Å². The molecule has 0 bridgehead atoms. The highest BCUT2D eigenvalue weighted by Crippen LogP contribution is 2.23. The van der Waals surface area contributed by atoms with E-state index < -0.39 is 17.1 Å². The number of aliphatic hydroxyl groups is 1. The number of hydrogen-bond donors (Lipinski definition) is 3. The molecule has 7 nitrogen and oxygen atoms in total. The third-order valence-corrected chi connectivity index (χ3v) is 3.10. The van der Waals surface area contributed by atoms with Crippen LogP contribution in [0, 0.1) is 0 Å². The van der Waals surface area contributed by atoms with Crippen LogP contribution in [-0.2, 0) is 9.53 Å². The number of likely N-dealkylation sites (tertiary alicyclic amines) is 1. The van der Waals surface area contributed by atoms with Crippen molar-refractivity contribution in [3.63, 3.8) is 0 Å². The second-order valence-electron chi connectivity index (χ2n) is 6.26. The minimum atomic E-state index is -0.909. The van der Waals surface area contributed by atoms with Gasteiger partial charge in [0.1, 0.15) is 5.60 Å². The lowest BCUT2D eigenvalue weighted by molar-refractivity contribution is -0.117. The minimum Gasteiger partial charge on any atom is -0.444 e. The Morgan fingerprint density at radius 3 is 2.35 bits per heavy atom. The molecule has 1 aliphatic rings. The molecule has 0 spiro atoms. The number of nitrogens with zero attached hydrogens (tertiary/aromatic N) is 1. The predicted molar refractivity (Wildman–Crippen MR) is 74.1 cm³/mol. The standard InChI is InChI=1S/C13H25N3O4/c1-12(2,3)20-11(18)16-6-4-13(19,5-7-16)9-15-8-10(14)17/h15,19H,4-9H2,1-3H3,(H2,14,17). The van der Waals surface area contributed by atoms with Crippen molar-refractivity contribution < 1.29 is 19.4 Å². The first-order valence-electron chi connectivity index (χ1n) is 6.81. The van der Waals surface area contributed by atoms with Crippen molar-refractivity contribution in [1.82, 2.24) is 10.2 Å². The molecule has 0 aliphatic carbocycles. The Balaban J connectivity index is 2.38. The number of rotatable bonds is 4. The van der Waals surface area contributed by atoms with Gasteiger partial charge in [-0.25, -0.2) is 4.79 Å². The smallest absolute Gasteiger partial charge is 0.410 e. The molecule has 1 saturated heterocycles. The number of amides is 2. The second-order valence-corrected chi connectivity index (χ2v) is 6.26. The molecule has 2 amide bonds. The normalized spacial score (nSPS) is 18.7. The number of primary amides is 1. The van der Waals surface area contributed by atoms with Crippen LogP contribution in [0.25, 0.3) is 0 Å². The maximum atomic E-state index is 11.9. The summed E-state index contributed by atoms with van der Waals surface area (Å²) in [5.41, 5.74) is 3.59. The van der Waals surface area contributed by atoms with Gasteiger partial charge in [0.2, 0.25) is 5.91 Å². The van der Waals surface area contributed by atoms with Gasteiger partial charge in [0.15, 0.2) is 0 Å². The third kappa shape index (κ3) is 5.75. The van der Waals surface area contributed by atoms with E-state index in [1.54, 1.807) is 4.90 Å². The zero-order valence-electron chi connectivity index (χ0n) is 12.4. The number of nitrogens with two attached hydrogens (primary N) is 1. The molecule has 1 fully saturated rings. The maximum absolute atomic E-state index is 11.9. The molecule has 0 radical (unpaired) electrons. The summed E-state index contributed by atoms with van der Waals surface area (Å²) >= 11 is 0. The van der Waals surface area contributed by atoms with Gasteiger partial charge in [-0.2, -0.15) is 0 Å². The van der Waals surface area contributed by atoms with Crippen LogP contribution in [0.4, 0.5) is 4.79 Å². The van der Waals surface area contributed by atoms with Gasteiger partial charge in [-0.05, 0) is 33.6 Å². The molecule has 0 saturated carbocycles. The fraction of sp³-hybridized carbons (Fsp3) is 0.846. The van der Waals surface area contributed by atoms with E-state index in [0.29, 0.717) is 25.9 Å². The molecule has 0 unspecified atom stereocenters. The minimum absolute atomic E-state index is 0.0398. The van der Waals surface area contributed by atoms with Crippen molar-refractivity contribution in [1.29, 1.82) is 0 Å². The first-order chi connectivity index (χ1) is 9.11. The molecular weight excluding hydrogens is 262 g/mol. The number of nitrogens with one attached hydrogen (secondary N) is 1. The third-order valence-electron chi connectivity index (χ3n) is 3.10. The van der Waals surface area contributed by atoms with Crippen LogP contribution in [0.15, 0.2) is 0 Å². The van der Waals surface area contributed by atoms with Gasteiger partial charge in [0.05, 0.1) is 12.1 Å². The van der Waals surface area contributed by atoms with Gasteiger partial charge in [-0.1, -0.05) is 0 Å². The van der Waals surface area contributed by atoms with Crippen molar-refractivity contribution in [3.8, 4) is 0 Å². The monoisotopic (exact) mass is 287 g/mol. The Morgan fingerprint density at radius 1 is 1.35 bits per heavy atom. The van der Waals surface area contributed by atoms with Crippen molar-refractivity contribution in [3.05, 3.63) is 0 Å². The van der Waals surface area contributed by atoms with Gasteiger partial charge in [-0.15, -0.1) is 0 Å². The van der Waals surface area contributed by atoms with Crippen LogP contribution in [0.1, 0.15) is 33.6 Å². The quantitative estimate of drug-likeness (QED) is 0.665. The van der Waals surface area contributed by atoms with E-state index in [2.05, 4.69) is 5.32 Å². The molecule has 1 aliphatic heterocycles. The Kier molecular flexibility index (Phi) is 5.35. The van der Waals surface area contributed by atoms with Gasteiger partial charge < -0.3 is 25.8 Å². The van der Waals surface area contributed by atoms with Crippen molar-refractivity contribution in [2.75, 3.05) is 26.2 Å². The molecule has 1 heterocycles. The first kappa shape index (κ1) is 16.7. The zero-order valence-corrected chi connectivity index (χ0v) is 12.4. The largest absolute Gasteiger partial charge is 0.444 e. The molecule has 0 atom stereocenters. The van der Waals surface area contributed by atoms with Crippen molar-refractivity contribution in [2.24, 2.45) is 5.73 Å². The summed E-state index contributed by atoms with van der Waals surface area (Å²) in [6.45, 7) is 6.65. The van der Waals surface area contributed by atoms with Crippen LogP contribution in [0.3, 0.4) is 0 Å². The highest BCUT2D eigenvalue weighted by atomic mass is 16.6. The molecule has 0 aromatic rings. The lowest BCUT2D eigenvalue weighted by atomic mass is 9.91. The zero-order chi connectivity index (χ0) is 15.4. The number of hydrogen-bond acceptors (Lipinski definition) is 5. The summed E-state index contributed by atoms with van der Waals surface area (Å²) in [6.07, 6.45) is 0.528. The van der Waals surface area contributed by atoms with Crippen LogP contribution < -0.4 is 11.1 Å². The van der Waals surface area contributed by atoms with Gasteiger partial charge >= 0.3 is 6.09 Å². The highest BCUT2D eigenvalue weighted by molar-refractivity contribution is 5.75. The molecule has 0 aromatic heterocycles. The molecule has 7 heteroatoms. The van der Waals surface area contributed by atoms with Crippen molar-refractivity contribution in [2.45, 2.75) is 44.8 Å². The second kappa shape index (κ2) is 6.41. The fourth-order valence-electron chi connectivity index (χ4n) is 2.03. The molecule has 1 rings (SSSR count). The summed E-state index contributed by atoms with van der Waals surface area (Å²) in [4.78, 5) is 24.1. The summed E-state index contributed by atoms with van der Waals surface area (Å²) in [7, 11) is 0. The first-order valence-corrected chi connectivity index (χ1v) is 6.81. The van der Waals surface area contributed by atoms with E-state index in [9.17, 15) is 14.7 Å². The lowest BCUT2D eigenvalue weighted by Crippen LogP contribution is -2.52. The van der Waals surface area contributed by atoms with Crippen LogP contribution in [0.5, 0.6) is 0 Å². The van der Waals surface area contributed by atoms with Crippen LogP contribution in [-0.4, -0.2) is 59.4 Å². The Labute approximate surface area is 119 Å². The van der Waals surface area contributed by atoms with Crippen LogP contribution in [0.2, 0.25) is 0 Å². The van der Waals surface area contributed by atoms with Crippen molar-refractivity contribution >= 4 is 12.0 Å². The topological polar surface area (TPSA) is 105 Å². The maximum Gasteiger partial charge on any atom is 0.410 e. The number of carbonyl (C=O) groups is 2. The lowest BCUT2D eigenvalue weighted by Gasteiger charge is -2.38. The predicted octanol–water partition coefficient (Wildman–Crippen LogP) is -0.177. The van der Waals surface area contributed by atoms with Gasteiger partial charge in [-0.3, -0.25) is 4.79 Å². The Morgan fingerprint density at radius 2 is 1.90 bits per heavy atom. The van der Waals surface area contributed by atoms with E-state index in [-0.39, 0.29) is 19.2 Å². The van der Waals surface area contributed by atoms with Crippen LogP contribution >= 0.6 is 0 Å². The summed E-state index contributed by atoms with van der Waals surface area (Å²) in [5.74, 6) is -0.459. The van der Waals surface area contributed by atoms with E-state index in [0.717, 1.165) is 0 Å². The number of carbonyl (C=O) groups excluding carboxylic acids is 2. The summed E-state index contributed by atoms with van der Waals surface area (Å²) in [5, 5.41) is 13.1. The van der Waals surface area contributed by atoms with E-state index in [4.69, 9.17) is 10.5 Å². The van der Waals surface area contributed by atoms with Gasteiger partial charge in [0, 0.05) is 19.6 Å². The molecule has 116 valence electrons. The molecule has 4 N–H and O–H groups in total. The van der Waals surface area contributed by atoms with E-state index in [1.165, 1.54) is 0 Å². The Bertz CT molecular complexity index is 357. The Hall–Kier alpha value is -1.34. The average molecular weight is 287 g/mol.